The molecule has 21 heavy (non-hydrogen) atoms. The molecule has 2 rings (SSSR count). The zero-order valence-electron chi connectivity index (χ0n) is 15.0. The summed E-state index contributed by atoms with van der Waals surface area (Å²) in [4.78, 5) is 5.24. The summed E-state index contributed by atoms with van der Waals surface area (Å²) in [5, 5.41) is 3.82. The van der Waals surface area contributed by atoms with Crippen LogP contribution in [0.4, 0.5) is 0 Å². The third kappa shape index (κ3) is 4.67. The summed E-state index contributed by atoms with van der Waals surface area (Å²) in [6.45, 7) is 15.6. The van der Waals surface area contributed by atoms with Gasteiger partial charge in [0.15, 0.2) is 0 Å². The highest BCUT2D eigenvalue weighted by atomic mass is 15.3. The van der Waals surface area contributed by atoms with Crippen molar-refractivity contribution in [2.24, 2.45) is 11.8 Å². The van der Waals surface area contributed by atoms with Crippen molar-refractivity contribution in [2.45, 2.75) is 65.0 Å². The Balaban J connectivity index is 1.91. The number of hydrogen-bond acceptors (Lipinski definition) is 3. The molecule has 0 bridgehead atoms. The molecule has 3 unspecified atom stereocenters. The smallest absolute Gasteiger partial charge is 0.0277 e. The molecule has 0 spiro atoms. The van der Waals surface area contributed by atoms with Crippen LogP contribution in [-0.2, 0) is 0 Å². The Kier molecular flexibility index (Phi) is 6.10. The minimum Gasteiger partial charge on any atom is -0.314 e. The van der Waals surface area contributed by atoms with Crippen LogP contribution in [0, 0.1) is 11.8 Å². The lowest BCUT2D eigenvalue weighted by Crippen LogP contribution is -2.59. The Morgan fingerprint density at radius 1 is 1.19 bits per heavy atom. The Labute approximate surface area is 132 Å². The van der Waals surface area contributed by atoms with Crippen molar-refractivity contribution in [2.75, 3.05) is 39.8 Å². The quantitative estimate of drug-likeness (QED) is 0.841. The van der Waals surface area contributed by atoms with Gasteiger partial charge in [-0.1, -0.05) is 13.8 Å². The van der Waals surface area contributed by atoms with E-state index in [1.165, 1.54) is 58.4 Å². The first-order chi connectivity index (χ1) is 9.92. The molecule has 2 aliphatic rings. The fourth-order valence-electron chi connectivity index (χ4n) is 4.13. The van der Waals surface area contributed by atoms with E-state index in [1.807, 2.05) is 0 Å². The minimum atomic E-state index is 0.324. The molecular formula is C18H37N3. The molecule has 1 saturated heterocycles. The maximum atomic E-state index is 3.82. The molecule has 0 aromatic heterocycles. The van der Waals surface area contributed by atoms with E-state index in [2.05, 4.69) is 49.9 Å². The number of nitrogens with zero attached hydrogens (tertiary/aromatic N) is 2. The molecule has 0 amide bonds. The summed E-state index contributed by atoms with van der Waals surface area (Å²) >= 11 is 0. The van der Waals surface area contributed by atoms with Gasteiger partial charge in [0.2, 0.25) is 0 Å². The molecule has 1 saturated carbocycles. The molecule has 2 fully saturated rings. The molecule has 0 aromatic carbocycles. The average Bonchev–Trinajstić information content (AvgIpc) is 2.42. The lowest BCUT2D eigenvalue weighted by molar-refractivity contribution is 0.0223. The van der Waals surface area contributed by atoms with Gasteiger partial charge < -0.3 is 5.32 Å². The molecule has 1 N–H and O–H groups in total. The predicted octanol–water partition coefficient (Wildman–Crippen LogP) is 2.82. The summed E-state index contributed by atoms with van der Waals surface area (Å²) in [6, 6.07) is 0.754. The van der Waals surface area contributed by atoms with E-state index in [0.717, 1.165) is 17.9 Å². The van der Waals surface area contributed by atoms with Gasteiger partial charge in [0.1, 0.15) is 0 Å². The van der Waals surface area contributed by atoms with E-state index in [0.29, 0.717) is 5.54 Å². The monoisotopic (exact) mass is 295 g/mol. The summed E-state index contributed by atoms with van der Waals surface area (Å²) in [5.41, 5.74) is 0.324. The van der Waals surface area contributed by atoms with Crippen molar-refractivity contribution in [3.05, 3.63) is 0 Å². The Morgan fingerprint density at radius 3 is 2.62 bits per heavy atom. The summed E-state index contributed by atoms with van der Waals surface area (Å²) in [6.07, 6.45) is 5.45. The third-order valence-electron chi connectivity index (χ3n) is 5.79. The van der Waals surface area contributed by atoms with Gasteiger partial charge in [0.05, 0.1) is 0 Å². The van der Waals surface area contributed by atoms with Crippen LogP contribution in [0.1, 0.15) is 53.4 Å². The molecule has 3 nitrogen and oxygen atoms in total. The molecule has 0 radical (unpaired) electrons. The summed E-state index contributed by atoms with van der Waals surface area (Å²) < 4.78 is 0. The van der Waals surface area contributed by atoms with Crippen molar-refractivity contribution < 1.29 is 0 Å². The van der Waals surface area contributed by atoms with Gasteiger partial charge in [0.25, 0.3) is 0 Å². The van der Waals surface area contributed by atoms with Crippen LogP contribution in [0.2, 0.25) is 0 Å². The first-order valence-electron chi connectivity index (χ1n) is 9.09. The highest BCUT2D eigenvalue weighted by molar-refractivity contribution is 4.91. The van der Waals surface area contributed by atoms with Crippen LogP contribution >= 0.6 is 0 Å². The molecule has 1 heterocycles. The number of nitrogens with one attached hydrogen (secondary N) is 1. The van der Waals surface area contributed by atoms with Crippen LogP contribution in [0.5, 0.6) is 0 Å². The Bertz CT molecular complexity index is 314. The SMILES string of the molecule is CCCNC1CCC(C)CC1CN1CCN(C)C(C)(C)C1. The van der Waals surface area contributed by atoms with Gasteiger partial charge in [-0.2, -0.15) is 0 Å². The highest BCUT2D eigenvalue weighted by Gasteiger charge is 2.34. The molecule has 124 valence electrons. The molecule has 3 heteroatoms. The number of likely N-dealkylation sites (N-methyl/N-ethyl adjacent to an activating group) is 1. The third-order valence-corrected chi connectivity index (χ3v) is 5.79. The van der Waals surface area contributed by atoms with E-state index in [-0.39, 0.29) is 0 Å². The van der Waals surface area contributed by atoms with Gasteiger partial charge in [-0.05, 0) is 65.0 Å². The van der Waals surface area contributed by atoms with Crippen molar-refractivity contribution in [3.63, 3.8) is 0 Å². The van der Waals surface area contributed by atoms with Gasteiger partial charge in [-0.25, -0.2) is 0 Å². The number of piperazine rings is 1. The lowest BCUT2D eigenvalue weighted by Gasteiger charge is -2.47. The maximum absolute atomic E-state index is 3.82. The zero-order valence-corrected chi connectivity index (χ0v) is 15.0. The second-order valence-electron chi connectivity index (χ2n) is 8.21. The van der Waals surface area contributed by atoms with Crippen molar-refractivity contribution in [1.29, 1.82) is 0 Å². The van der Waals surface area contributed by atoms with Crippen LogP contribution in [0.3, 0.4) is 0 Å². The summed E-state index contributed by atoms with van der Waals surface area (Å²) in [7, 11) is 2.27. The van der Waals surface area contributed by atoms with Crippen molar-refractivity contribution in [1.82, 2.24) is 15.1 Å². The van der Waals surface area contributed by atoms with Gasteiger partial charge >= 0.3 is 0 Å². The topological polar surface area (TPSA) is 18.5 Å². The van der Waals surface area contributed by atoms with E-state index < -0.39 is 0 Å². The predicted molar refractivity (Wildman–Crippen MR) is 91.7 cm³/mol. The van der Waals surface area contributed by atoms with Crippen LogP contribution < -0.4 is 5.32 Å². The van der Waals surface area contributed by atoms with Gasteiger partial charge in [0, 0.05) is 37.8 Å². The van der Waals surface area contributed by atoms with Crippen LogP contribution in [0.25, 0.3) is 0 Å². The second-order valence-corrected chi connectivity index (χ2v) is 8.21. The van der Waals surface area contributed by atoms with Gasteiger partial charge in [-0.15, -0.1) is 0 Å². The highest BCUT2D eigenvalue weighted by Crippen LogP contribution is 2.31. The second kappa shape index (κ2) is 7.43. The largest absolute Gasteiger partial charge is 0.314 e. The summed E-state index contributed by atoms with van der Waals surface area (Å²) in [5.74, 6) is 1.76. The standard InChI is InChI=1S/C18H37N3/c1-6-9-19-17-8-7-15(2)12-16(17)13-21-11-10-20(5)18(3,4)14-21/h15-17,19H,6-14H2,1-5H3. The van der Waals surface area contributed by atoms with E-state index in [1.54, 1.807) is 0 Å². The molecular weight excluding hydrogens is 258 g/mol. The fourth-order valence-corrected chi connectivity index (χ4v) is 4.13. The van der Waals surface area contributed by atoms with Crippen molar-refractivity contribution >= 4 is 0 Å². The first kappa shape index (κ1) is 17.2. The fraction of sp³-hybridized carbons (Fsp3) is 1.00. The van der Waals surface area contributed by atoms with Crippen LogP contribution in [0.15, 0.2) is 0 Å². The first-order valence-corrected chi connectivity index (χ1v) is 9.09. The van der Waals surface area contributed by atoms with E-state index in [4.69, 9.17) is 0 Å². The minimum absolute atomic E-state index is 0.324. The molecule has 0 aromatic rings. The maximum Gasteiger partial charge on any atom is 0.0277 e. The average molecular weight is 296 g/mol. The number of rotatable bonds is 5. The van der Waals surface area contributed by atoms with Crippen LogP contribution in [-0.4, -0.2) is 61.2 Å². The van der Waals surface area contributed by atoms with Crippen molar-refractivity contribution in [3.8, 4) is 0 Å². The molecule has 3 atom stereocenters. The Hall–Kier alpha value is -0.120. The molecule has 1 aliphatic carbocycles. The zero-order chi connectivity index (χ0) is 15.5. The number of hydrogen-bond donors (Lipinski definition) is 1. The van der Waals surface area contributed by atoms with E-state index in [9.17, 15) is 0 Å². The Morgan fingerprint density at radius 2 is 1.95 bits per heavy atom. The lowest BCUT2D eigenvalue weighted by atomic mass is 9.78. The molecule has 1 aliphatic heterocycles. The van der Waals surface area contributed by atoms with Gasteiger partial charge in [-0.3, -0.25) is 9.80 Å². The van der Waals surface area contributed by atoms with E-state index >= 15 is 0 Å². The normalized spacial score (nSPS) is 35.0.